The Morgan fingerprint density at radius 1 is 0.491 bits per heavy atom. The fraction of sp³-hybridized carbons (Fsp3) is 0.878. The lowest BCUT2D eigenvalue weighted by Crippen LogP contribution is -2.45. The van der Waals surface area contributed by atoms with E-state index >= 15 is 0 Å². The van der Waals surface area contributed by atoms with Crippen LogP contribution in [-0.4, -0.2) is 47.4 Å². The maximum atomic E-state index is 12.4. The summed E-state index contributed by atoms with van der Waals surface area (Å²) in [5.74, 6) is -0.106. The Morgan fingerprint density at radius 3 is 1.29 bits per heavy atom. The van der Waals surface area contributed by atoms with Crippen LogP contribution >= 0.6 is 0 Å². The number of nitrogens with one attached hydrogen (secondary N) is 1. The molecule has 0 aliphatic rings. The van der Waals surface area contributed by atoms with Crippen LogP contribution in [0, 0.1) is 0 Å². The SMILES string of the molecule is CCCCCCCCC/C=C\CCCCCCCC(=O)OCCCC/C=C\CCCCCCCC(=O)NC(CO)C(O)CCCCCCCCCCCCC. The maximum Gasteiger partial charge on any atom is 0.305 e. The molecule has 0 rings (SSSR count). The predicted octanol–water partition coefficient (Wildman–Crippen LogP) is 14.0. The first-order valence-corrected chi connectivity index (χ1v) is 24.1. The van der Waals surface area contributed by atoms with Crippen molar-refractivity contribution >= 4 is 11.9 Å². The van der Waals surface area contributed by atoms with Gasteiger partial charge in [0.15, 0.2) is 0 Å². The van der Waals surface area contributed by atoms with Gasteiger partial charge in [-0.05, 0) is 77.0 Å². The van der Waals surface area contributed by atoms with E-state index in [0.29, 0.717) is 25.9 Å². The lowest BCUT2D eigenvalue weighted by Gasteiger charge is -2.22. The molecule has 324 valence electrons. The molecule has 0 aromatic rings. The molecule has 55 heavy (non-hydrogen) atoms. The van der Waals surface area contributed by atoms with Crippen LogP contribution in [0.4, 0.5) is 0 Å². The molecule has 2 unspecified atom stereocenters. The second-order valence-corrected chi connectivity index (χ2v) is 16.4. The third kappa shape index (κ3) is 41.8. The zero-order valence-corrected chi connectivity index (χ0v) is 36.7. The Hall–Kier alpha value is -1.66. The molecule has 0 bridgehead atoms. The van der Waals surface area contributed by atoms with Gasteiger partial charge in [-0.3, -0.25) is 9.59 Å². The normalized spacial score (nSPS) is 12.9. The summed E-state index contributed by atoms with van der Waals surface area (Å²) in [6.07, 6.45) is 51.4. The first kappa shape index (κ1) is 53.3. The number of hydrogen-bond donors (Lipinski definition) is 3. The van der Waals surface area contributed by atoms with Gasteiger partial charge in [0.25, 0.3) is 0 Å². The van der Waals surface area contributed by atoms with E-state index in [4.69, 9.17) is 4.74 Å². The smallest absolute Gasteiger partial charge is 0.305 e. The largest absolute Gasteiger partial charge is 0.466 e. The Bertz CT molecular complexity index is 858. The molecular formula is C49H93NO5. The second-order valence-electron chi connectivity index (χ2n) is 16.4. The van der Waals surface area contributed by atoms with Gasteiger partial charge in [-0.15, -0.1) is 0 Å². The van der Waals surface area contributed by atoms with E-state index in [9.17, 15) is 19.8 Å². The minimum Gasteiger partial charge on any atom is -0.466 e. The average Bonchev–Trinajstić information content (AvgIpc) is 3.18. The highest BCUT2D eigenvalue weighted by atomic mass is 16.5. The number of rotatable bonds is 44. The lowest BCUT2D eigenvalue weighted by molar-refractivity contribution is -0.143. The van der Waals surface area contributed by atoms with Gasteiger partial charge in [0, 0.05) is 12.8 Å². The third-order valence-corrected chi connectivity index (χ3v) is 11.0. The number of carbonyl (C=O) groups excluding carboxylic acids is 2. The average molecular weight is 776 g/mol. The molecule has 1 amide bonds. The van der Waals surface area contributed by atoms with Gasteiger partial charge in [0.1, 0.15) is 0 Å². The summed E-state index contributed by atoms with van der Waals surface area (Å²) in [7, 11) is 0. The first-order valence-electron chi connectivity index (χ1n) is 24.1. The Labute approximate surface area is 341 Å². The number of ether oxygens (including phenoxy) is 1. The quantitative estimate of drug-likeness (QED) is 0.0325. The number of allylic oxidation sites excluding steroid dienone is 4. The Morgan fingerprint density at radius 2 is 0.855 bits per heavy atom. The summed E-state index contributed by atoms with van der Waals surface area (Å²) in [6, 6.07) is -0.561. The molecule has 0 saturated carbocycles. The van der Waals surface area contributed by atoms with Crippen molar-refractivity contribution in [3.63, 3.8) is 0 Å². The van der Waals surface area contributed by atoms with Crippen LogP contribution in [0.1, 0.15) is 251 Å². The molecule has 0 saturated heterocycles. The summed E-state index contributed by atoms with van der Waals surface area (Å²) in [4.78, 5) is 24.4. The van der Waals surface area contributed by atoms with Gasteiger partial charge in [0.2, 0.25) is 5.91 Å². The molecule has 6 heteroatoms. The Kier molecular flexibility index (Phi) is 43.7. The molecule has 0 fully saturated rings. The van der Waals surface area contributed by atoms with E-state index in [1.807, 2.05) is 0 Å². The van der Waals surface area contributed by atoms with Crippen molar-refractivity contribution in [3.8, 4) is 0 Å². The summed E-state index contributed by atoms with van der Waals surface area (Å²) in [5.41, 5.74) is 0. The fourth-order valence-electron chi connectivity index (χ4n) is 7.21. The highest BCUT2D eigenvalue weighted by Crippen LogP contribution is 2.15. The molecule has 2 atom stereocenters. The molecule has 0 aliphatic carbocycles. The van der Waals surface area contributed by atoms with Crippen molar-refractivity contribution in [3.05, 3.63) is 24.3 Å². The van der Waals surface area contributed by atoms with Crippen LogP contribution in [0.25, 0.3) is 0 Å². The number of esters is 1. The topological polar surface area (TPSA) is 95.9 Å². The number of carbonyl (C=O) groups is 2. The van der Waals surface area contributed by atoms with Gasteiger partial charge in [-0.2, -0.15) is 0 Å². The van der Waals surface area contributed by atoms with Crippen molar-refractivity contribution in [2.45, 2.75) is 264 Å². The molecule has 0 aromatic carbocycles. The molecule has 0 heterocycles. The standard InChI is InChI=1S/C49H93NO5/c1-3-5-7-9-11-13-15-16-17-18-19-23-27-31-35-39-43-49(54)55-44-40-36-32-28-24-20-22-26-30-34-38-42-48(53)50-46(45-51)47(52)41-37-33-29-25-21-14-12-10-8-6-4-2/h17-18,24,28,46-47,51-52H,3-16,19-23,25-27,29-45H2,1-2H3,(H,50,53)/b18-17-,28-24-. The van der Waals surface area contributed by atoms with Crippen LogP contribution in [0.3, 0.4) is 0 Å². The van der Waals surface area contributed by atoms with Crippen molar-refractivity contribution in [1.29, 1.82) is 0 Å². The first-order chi connectivity index (χ1) is 27.0. The zero-order chi connectivity index (χ0) is 40.1. The lowest BCUT2D eigenvalue weighted by atomic mass is 10.0. The van der Waals surface area contributed by atoms with Crippen LogP contribution in [0.5, 0.6) is 0 Å². The van der Waals surface area contributed by atoms with Gasteiger partial charge < -0.3 is 20.3 Å². The minimum atomic E-state index is -0.681. The maximum absolute atomic E-state index is 12.4. The number of aliphatic hydroxyl groups excluding tert-OH is 2. The number of amides is 1. The summed E-state index contributed by atoms with van der Waals surface area (Å²) >= 11 is 0. The highest BCUT2D eigenvalue weighted by molar-refractivity contribution is 5.76. The number of unbranched alkanes of at least 4 members (excludes halogenated alkanes) is 29. The third-order valence-electron chi connectivity index (χ3n) is 11.0. The molecular weight excluding hydrogens is 683 g/mol. The molecule has 0 radical (unpaired) electrons. The van der Waals surface area contributed by atoms with Gasteiger partial charge in [0.05, 0.1) is 25.4 Å². The fourth-order valence-corrected chi connectivity index (χ4v) is 7.21. The van der Waals surface area contributed by atoms with Crippen LogP contribution in [-0.2, 0) is 14.3 Å². The minimum absolute atomic E-state index is 0.0392. The molecule has 0 aromatic heterocycles. The number of hydrogen-bond acceptors (Lipinski definition) is 5. The molecule has 0 spiro atoms. The van der Waals surface area contributed by atoms with Crippen molar-refractivity contribution < 1.29 is 24.5 Å². The molecule has 6 nitrogen and oxygen atoms in total. The van der Waals surface area contributed by atoms with Gasteiger partial charge in [-0.1, -0.05) is 186 Å². The summed E-state index contributed by atoms with van der Waals surface area (Å²) < 4.78 is 5.43. The van der Waals surface area contributed by atoms with E-state index in [2.05, 4.69) is 43.5 Å². The van der Waals surface area contributed by atoms with E-state index in [-0.39, 0.29) is 18.5 Å². The van der Waals surface area contributed by atoms with Gasteiger partial charge in [-0.25, -0.2) is 0 Å². The molecule has 3 N–H and O–H groups in total. The summed E-state index contributed by atoms with van der Waals surface area (Å²) in [5, 5.41) is 23.1. The van der Waals surface area contributed by atoms with Crippen LogP contribution in [0.15, 0.2) is 24.3 Å². The van der Waals surface area contributed by atoms with E-state index in [0.717, 1.165) is 83.5 Å². The van der Waals surface area contributed by atoms with Crippen molar-refractivity contribution in [2.75, 3.05) is 13.2 Å². The van der Waals surface area contributed by atoms with Crippen molar-refractivity contribution in [1.82, 2.24) is 5.32 Å². The summed E-state index contributed by atoms with van der Waals surface area (Å²) in [6.45, 7) is 4.85. The monoisotopic (exact) mass is 776 g/mol. The second kappa shape index (κ2) is 45.0. The highest BCUT2D eigenvalue weighted by Gasteiger charge is 2.20. The van der Waals surface area contributed by atoms with Crippen molar-refractivity contribution in [2.24, 2.45) is 0 Å². The Balaban J connectivity index is 3.51. The van der Waals surface area contributed by atoms with E-state index < -0.39 is 12.1 Å². The molecule has 0 aliphatic heterocycles. The van der Waals surface area contributed by atoms with E-state index in [1.165, 1.54) is 135 Å². The van der Waals surface area contributed by atoms with Crippen LogP contribution in [0.2, 0.25) is 0 Å². The number of aliphatic hydroxyl groups is 2. The van der Waals surface area contributed by atoms with Gasteiger partial charge >= 0.3 is 5.97 Å². The van der Waals surface area contributed by atoms with E-state index in [1.54, 1.807) is 0 Å². The van der Waals surface area contributed by atoms with Crippen LogP contribution < -0.4 is 5.32 Å². The zero-order valence-electron chi connectivity index (χ0n) is 36.7. The predicted molar refractivity (Wildman–Crippen MR) is 236 cm³/mol.